The van der Waals surface area contributed by atoms with Crippen molar-refractivity contribution in [2.45, 2.75) is 36.5 Å². The second kappa shape index (κ2) is 6.81. The molecule has 7 heteroatoms. The molecule has 0 aliphatic heterocycles. The molecule has 0 saturated heterocycles. The van der Waals surface area contributed by atoms with E-state index in [2.05, 4.69) is 5.32 Å². The second-order valence-corrected chi connectivity index (χ2v) is 6.11. The number of hydrogen-bond acceptors (Lipinski definition) is 4. The summed E-state index contributed by atoms with van der Waals surface area (Å²) in [5, 5.41) is 11.9. The molecule has 0 amide bonds. The quantitative estimate of drug-likeness (QED) is 0.757. The van der Waals surface area contributed by atoms with E-state index in [0.717, 1.165) is 6.07 Å². The summed E-state index contributed by atoms with van der Waals surface area (Å²) in [4.78, 5) is -0.401. The molecule has 0 radical (unpaired) electrons. The van der Waals surface area contributed by atoms with Crippen LogP contribution >= 0.6 is 0 Å². The number of rotatable bonds is 7. The van der Waals surface area contributed by atoms with Crippen molar-refractivity contribution in [3.63, 3.8) is 0 Å². The van der Waals surface area contributed by atoms with E-state index in [1.54, 1.807) is 13.0 Å². The molecule has 2 N–H and O–H groups in total. The lowest BCUT2D eigenvalue weighted by atomic mass is 10.2. The maximum absolute atomic E-state index is 12.5. The normalized spacial score (nSPS) is 13.5. The van der Waals surface area contributed by atoms with Gasteiger partial charge in [-0.05, 0) is 31.9 Å². The standard InChI is InChI=1S/C12H17F2NO3S/c1-9(16)5-4-8-15-10-6-2-3-7-11(10)19(17,18)12(13)14/h2-3,6-7,9,12,15-16H,4-5,8H2,1H3. The van der Waals surface area contributed by atoms with Crippen LogP contribution in [0.15, 0.2) is 29.2 Å². The number of aliphatic hydroxyl groups is 1. The van der Waals surface area contributed by atoms with Gasteiger partial charge in [-0.15, -0.1) is 0 Å². The van der Waals surface area contributed by atoms with Crippen molar-refractivity contribution < 1.29 is 22.3 Å². The molecule has 0 aliphatic rings. The van der Waals surface area contributed by atoms with Crippen molar-refractivity contribution >= 4 is 15.5 Å². The molecule has 1 atom stereocenters. The van der Waals surface area contributed by atoms with Crippen LogP contribution in [0.5, 0.6) is 0 Å². The first-order valence-electron chi connectivity index (χ1n) is 5.88. The van der Waals surface area contributed by atoms with Crippen LogP contribution in [0.2, 0.25) is 0 Å². The highest BCUT2D eigenvalue weighted by atomic mass is 32.2. The predicted octanol–water partition coefficient (Wildman–Crippen LogP) is 2.26. The van der Waals surface area contributed by atoms with Gasteiger partial charge in [-0.2, -0.15) is 8.78 Å². The molecule has 1 unspecified atom stereocenters. The smallest absolute Gasteiger partial charge is 0.341 e. The summed E-state index contributed by atoms with van der Waals surface area (Å²) in [5.74, 6) is -3.44. The lowest BCUT2D eigenvalue weighted by Gasteiger charge is -2.12. The van der Waals surface area contributed by atoms with Crippen molar-refractivity contribution in [2.24, 2.45) is 0 Å². The van der Waals surface area contributed by atoms with Gasteiger partial charge in [0.15, 0.2) is 0 Å². The van der Waals surface area contributed by atoms with Gasteiger partial charge in [-0.25, -0.2) is 8.42 Å². The molecule has 1 rings (SSSR count). The fraction of sp³-hybridized carbons (Fsp3) is 0.500. The third-order valence-corrected chi connectivity index (χ3v) is 3.98. The van der Waals surface area contributed by atoms with Crippen LogP contribution < -0.4 is 5.32 Å². The zero-order chi connectivity index (χ0) is 14.5. The van der Waals surface area contributed by atoms with E-state index in [9.17, 15) is 17.2 Å². The average Bonchev–Trinajstić information content (AvgIpc) is 2.34. The lowest BCUT2D eigenvalue weighted by Crippen LogP contribution is -2.15. The van der Waals surface area contributed by atoms with Gasteiger partial charge in [0.05, 0.1) is 16.7 Å². The molecule has 108 valence electrons. The van der Waals surface area contributed by atoms with Crippen LogP contribution in [0.1, 0.15) is 19.8 Å². The van der Waals surface area contributed by atoms with E-state index in [1.165, 1.54) is 12.1 Å². The van der Waals surface area contributed by atoms with Crippen LogP contribution in [0.4, 0.5) is 14.5 Å². The molecular weight excluding hydrogens is 276 g/mol. The largest absolute Gasteiger partial charge is 0.393 e. The van der Waals surface area contributed by atoms with Crippen LogP contribution in [-0.2, 0) is 9.84 Å². The first-order valence-corrected chi connectivity index (χ1v) is 7.43. The van der Waals surface area contributed by atoms with Crippen LogP contribution in [0.25, 0.3) is 0 Å². The van der Waals surface area contributed by atoms with E-state index < -0.39 is 26.6 Å². The Bertz CT molecular complexity index is 503. The van der Waals surface area contributed by atoms with E-state index in [4.69, 9.17) is 5.11 Å². The minimum atomic E-state index is -4.61. The van der Waals surface area contributed by atoms with E-state index in [1.807, 2.05) is 0 Å². The Morgan fingerprint density at radius 1 is 1.32 bits per heavy atom. The van der Waals surface area contributed by atoms with Gasteiger partial charge in [-0.3, -0.25) is 0 Å². The van der Waals surface area contributed by atoms with E-state index in [0.29, 0.717) is 19.4 Å². The third kappa shape index (κ3) is 4.43. The number of para-hydroxylation sites is 1. The first-order chi connectivity index (χ1) is 8.85. The molecule has 19 heavy (non-hydrogen) atoms. The Labute approximate surface area is 111 Å². The van der Waals surface area contributed by atoms with Gasteiger partial charge < -0.3 is 10.4 Å². The molecule has 0 heterocycles. The van der Waals surface area contributed by atoms with Gasteiger partial charge in [0.2, 0.25) is 9.84 Å². The topological polar surface area (TPSA) is 66.4 Å². The zero-order valence-corrected chi connectivity index (χ0v) is 11.3. The van der Waals surface area contributed by atoms with Crippen molar-refractivity contribution in [1.82, 2.24) is 0 Å². The van der Waals surface area contributed by atoms with Crippen LogP contribution in [0.3, 0.4) is 0 Å². The third-order valence-electron chi connectivity index (χ3n) is 2.54. The number of aliphatic hydroxyl groups excluding tert-OH is 1. The van der Waals surface area contributed by atoms with Gasteiger partial charge in [0, 0.05) is 6.54 Å². The van der Waals surface area contributed by atoms with E-state index in [-0.39, 0.29) is 5.69 Å². The summed E-state index contributed by atoms with van der Waals surface area (Å²) >= 11 is 0. The molecule has 0 aromatic heterocycles. The summed E-state index contributed by atoms with van der Waals surface area (Å²) < 4.78 is 48.0. The summed E-state index contributed by atoms with van der Waals surface area (Å²) in [7, 11) is -4.61. The van der Waals surface area contributed by atoms with Crippen molar-refractivity contribution in [3.8, 4) is 0 Å². The average molecular weight is 293 g/mol. The molecule has 0 spiro atoms. The van der Waals surface area contributed by atoms with Gasteiger partial charge in [-0.1, -0.05) is 12.1 Å². The molecule has 4 nitrogen and oxygen atoms in total. The highest BCUT2D eigenvalue weighted by Gasteiger charge is 2.28. The number of sulfone groups is 1. The fourth-order valence-electron chi connectivity index (χ4n) is 1.58. The Kier molecular flexibility index (Phi) is 5.68. The van der Waals surface area contributed by atoms with E-state index >= 15 is 0 Å². The number of halogens is 2. The molecular formula is C12H17F2NO3S. The highest BCUT2D eigenvalue weighted by Crippen LogP contribution is 2.25. The molecule has 0 aliphatic carbocycles. The predicted molar refractivity (Wildman–Crippen MR) is 69.0 cm³/mol. The van der Waals surface area contributed by atoms with Crippen molar-refractivity contribution in [3.05, 3.63) is 24.3 Å². The molecule has 1 aromatic rings. The SMILES string of the molecule is CC(O)CCCNc1ccccc1S(=O)(=O)C(F)F. The van der Waals surface area contributed by atoms with Crippen molar-refractivity contribution in [2.75, 3.05) is 11.9 Å². The van der Waals surface area contributed by atoms with Gasteiger partial charge >= 0.3 is 5.76 Å². The van der Waals surface area contributed by atoms with Gasteiger partial charge in [0.1, 0.15) is 0 Å². The summed E-state index contributed by atoms with van der Waals surface area (Å²) in [5.41, 5.74) is 0.161. The molecule has 0 saturated carbocycles. The lowest BCUT2D eigenvalue weighted by molar-refractivity contribution is 0.183. The number of anilines is 1. The zero-order valence-electron chi connectivity index (χ0n) is 10.5. The molecule has 0 bridgehead atoms. The van der Waals surface area contributed by atoms with Gasteiger partial charge in [0.25, 0.3) is 0 Å². The molecule has 1 aromatic carbocycles. The summed E-state index contributed by atoms with van der Waals surface area (Å²) in [6.45, 7) is 2.05. The molecule has 0 fully saturated rings. The second-order valence-electron chi connectivity index (χ2n) is 4.22. The highest BCUT2D eigenvalue weighted by molar-refractivity contribution is 7.91. The summed E-state index contributed by atoms with van der Waals surface area (Å²) in [6.07, 6.45) is 0.721. The number of nitrogens with one attached hydrogen (secondary N) is 1. The maximum Gasteiger partial charge on any atom is 0.341 e. The number of alkyl halides is 2. The Morgan fingerprint density at radius 2 is 1.95 bits per heavy atom. The maximum atomic E-state index is 12.5. The monoisotopic (exact) mass is 293 g/mol. The first kappa shape index (κ1) is 15.8. The number of benzene rings is 1. The summed E-state index contributed by atoms with van der Waals surface area (Å²) in [6, 6.07) is 5.56. The Hall–Kier alpha value is -1.21. The Balaban J connectivity index is 2.80. The minimum Gasteiger partial charge on any atom is -0.393 e. The van der Waals surface area contributed by atoms with Crippen LogP contribution in [0, 0.1) is 0 Å². The fourth-order valence-corrected chi connectivity index (χ4v) is 2.48. The minimum absolute atomic E-state index is 0.161. The van der Waals surface area contributed by atoms with Crippen LogP contribution in [-0.4, -0.2) is 31.9 Å². The Morgan fingerprint density at radius 3 is 2.53 bits per heavy atom. The number of hydrogen-bond donors (Lipinski definition) is 2. The van der Waals surface area contributed by atoms with Crippen molar-refractivity contribution in [1.29, 1.82) is 0 Å².